The first-order chi connectivity index (χ1) is 15.4. The number of aromatic nitrogens is 2. The molecule has 32 heavy (non-hydrogen) atoms. The molecule has 1 aliphatic heterocycles. The largest absolute Gasteiger partial charge is 0.497 e. The van der Waals surface area contributed by atoms with Crippen LogP contribution in [0.25, 0.3) is 0 Å². The lowest BCUT2D eigenvalue weighted by atomic mass is 9.91. The molecular formula is C23H28N4O5. The van der Waals surface area contributed by atoms with E-state index in [0.29, 0.717) is 11.4 Å². The van der Waals surface area contributed by atoms with Crippen molar-refractivity contribution in [3.8, 4) is 5.75 Å². The zero-order valence-corrected chi connectivity index (χ0v) is 18.6. The van der Waals surface area contributed by atoms with E-state index in [4.69, 9.17) is 9.47 Å². The van der Waals surface area contributed by atoms with E-state index in [9.17, 15) is 14.4 Å². The monoisotopic (exact) mass is 440 g/mol. The summed E-state index contributed by atoms with van der Waals surface area (Å²) in [6.07, 6.45) is 5.19. The Morgan fingerprint density at radius 3 is 2.44 bits per heavy atom. The number of benzene rings is 1. The molecule has 0 spiro atoms. The van der Waals surface area contributed by atoms with Crippen molar-refractivity contribution in [2.75, 3.05) is 19.1 Å². The summed E-state index contributed by atoms with van der Waals surface area (Å²) < 4.78 is 11.4. The molecule has 1 N–H and O–H groups in total. The Labute approximate surface area is 186 Å². The highest BCUT2D eigenvalue weighted by Crippen LogP contribution is 2.34. The molecule has 1 aliphatic carbocycles. The molecule has 0 saturated heterocycles. The Morgan fingerprint density at radius 2 is 1.81 bits per heavy atom. The molecule has 1 unspecified atom stereocenters. The summed E-state index contributed by atoms with van der Waals surface area (Å²) in [6.45, 7) is 1.84. The van der Waals surface area contributed by atoms with Crippen LogP contribution < -0.4 is 15.0 Å². The fourth-order valence-electron chi connectivity index (χ4n) is 4.51. The fraction of sp³-hybridized carbons (Fsp3) is 0.478. The van der Waals surface area contributed by atoms with Crippen LogP contribution in [-0.2, 0) is 16.1 Å². The summed E-state index contributed by atoms with van der Waals surface area (Å²) in [5.41, 5.74) is -0.425. The number of nitrogens with zero attached hydrogens (tertiary/aromatic N) is 3. The normalized spacial score (nSPS) is 21.1. The minimum Gasteiger partial charge on any atom is -0.497 e. The Kier molecular flexibility index (Phi) is 5.90. The molecule has 170 valence electrons. The van der Waals surface area contributed by atoms with Crippen LogP contribution in [-0.4, -0.2) is 53.4 Å². The van der Waals surface area contributed by atoms with Crippen molar-refractivity contribution in [1.29, 1.82) is 0 Å². The number of methoxy groups -OCH3 is 2. The van der Waals surface area contributed by atoms with Crippen molar-refractivity contribution < 1.29 is 23.9 Å². The minimum atomic E-state index is -1.24. The van der Waals surface area contributed by atoms with Crippen LogP contribution in [0.5, 0.6) is 5.75 Å². The van der Waals surface area contributed by atoms with Gasteiger partial charge in [0.25, 0.3) is 5.91 Å². The van der Waals surface area contributed by atoms with Crippen LogP contribution in [0.4, 0.5) is 5.69 Å². The van der Waals surface area contributed by atoms with Crippen molar-refractivity contribution in [1.82, 2.24) is 15.1 Å². The van der Waals surface area contributed by atoms with Gasteiger partial charge in [0.2, 0.25) is 5.91 Å². The lowest BCUT2D eigenvalue weighted by Crippen LogP contribution is -2.65. The minimum absolute atomic E-state index is 0.0301. The highest BCUT2D eigenvalue weighted by molar-refractivity contribution is 6.12. The van der Waals surface area contributed by atoms with Gasteiger partial charge in [-0.1, -0.05) is 19.3 Å². The molecule has 1 aromatic carbocycles. The van der Waals surface area contributed by atoms with Crippen molar-refractivity contribution in [2.24, 2.45) is 0 Å². The molecule has 1 saturated carbocycles. The molecule has 0 radical (unpaired) electrons. The molecule has 9 nitrogen and oxygen atoms in total. The average molecular weight is 441 g/mol. The molecule has 2 amide bonds. The number of fused-ring (bicyclic) bond motifs is 1. The lowest BCUT2D eigenvalue weighted by molar-refractivity contribution is -0.127. The van der Waals surface area contributed by atoms with Crippen LogP contribution >= 0.6 is 0 Å². The van der Waals surface area contributed by atoms with Gasteiger partial charge in [0.05, 0.1) is 20.8 Å². The molecule has 4 rings (SSSR count). The van der Waals surface area contributed by atoms with Gasteiger partial charge in [-0.3, -0.25) is 19.2 Å². The van der Waals surface area contributed by atoms with Gasteiger partial charge in [0.15, 0.2) is 5.69 Å². The van der Waals surface area contributed by atoms with Crippen LogP contribution in [0.2, 0.25) is 0 Å². The van der Waals surface area contributed by atoms with E-state index in [1.807, 2.05) is 0 Å². The molecule has 1 atom stereocenters. The standard InChI is InChI=1S/C23H28N4O5/c1-23(22(30)24-15-7-5-4-6-8-15)14-26-19(13-18(25-26)21(29)32-3)20(28)27(23)16-9-11-17(31-2)12-10-16/h9-13,15H,4-8,14H2,1-3H3,(H,24,30). The number of rotatable bonds is 5. The van der Waals surface area contributed by atoms with Crippen LogP contribution in [0.3, 0.4) is 0 Å². The summed E-state index contributed by atoms with van der Waals surface area (Å²) in [4.78, 5) is 40.7. The molecule has 2 aliphatic rings. The second-order valence-electron chi connectivity index (χ2n) is 8.48. The summed E-state index contributed by atoms with van der Waals surface area (Å²) in [5.74, 6) is -0.645. The Bertz CT molecular complexity index is 1030. The predicted octanol–water partition coefficient (Wildman–Crippen LogP) is 2.55. The second kappa shape index (κ2) is 8.64. The molecular weight excluding hydrogens is 412 g/mol. The van der Waals surface area contributed by atoms with Crippen LogP contribution in [0.15, 0.2) is 30.3 Å². The van der Waals surface area contributed by atoms with E-state index in [1.54, 1.807) is 38.3 Å². The van der Waals surface area contributed by atoms with Gasteiger partial charge in [0, 0.05) is 17.8 Å². The highest BCUT2D eigenvalue weighted by atomic mass is 16.5. The maximum Gasteiger partial charge on any atom is 0.358 e. The van der Waals surface area contributed by atoms with Gasteiger partial charge in [0.1, 0.15) is 17.0 Å². The van der Waals surface area contributed by atoms with E-state index in [1.165, 1.54) is 29.2 Å². The Morgan fingerprint density at radius 1 is 1.12 bits per heavy atom. The number of anilines is 1. The molecule has 0 bridgehead atoms. The lowest BCUT2D eigenvalue weighted by Gasteiger charge is -2.44. The summed E-state index contributed by atoms with van der Waals surface area (Å²) >= 11 is 0. The summed E-state index contributed by atoms with van der Waals surface area (Å²) in [5, 5.41) is 7.40. The first-order valence-electron chi connectivity index (χ1n) is 10.8. The number of carbonyl (C=O) groups is 3. The third-order valence-corrected chi connectivity index (χ3v) is 6.31. The maximum atomic E-state index is 13.6. The van der Waals surface area contributed by atoms with Gasteiger partial charge < -0.3 is 14.8 Å². The zero-order chi connectivity index (χ0) is 22.9. The zero-order valence-electron chi connectivity index (χ0n) is 18.6. The van der Waals surface area contributed by atoms with Crippen molar-refractivity contribution >= 4 is 23.5 Å². The Balaban J connectivity index is 1.74. The predicted molar refractivity (Wildman–Crippen MR) is 117 cm³/mol. The molecule has 1 aromatic heterocycles. The summed E-state index contributed by atoms with van der Waals surface area (Å²) in [7, 11) is 2.82. The third-order valence-electron chi connectivity index (χ3n) is 6.31. The van der Waals surface area contributed by atoms with Crippen molar-refractivity contribution in [3.63, 3.8) is 0 Å². The topological polar surface area (TPSA) is 103 Å². The number of nitrogens with one attached hydrogen (secondary N) is 1. The first-order valence-corrected chi connectivity index (χ1v) is 10.8. The van der Waals surface area contributed by atoms with Gasteiger partial charge in [-0.05, 0) is 44.0 Å². The maximum absolute atomic E-state index is 13.6. The number of hydrogen-bond donors (Lipinski definition) is 1. The Hall–Kier alpha value is -3.36. The fourth-order valence-corrected chi connectivity index (χ4v) is 4.51. The number of amides is 2. The SMILES string of the molecule is COC(=O)c1cc2n(n1)CC(C)(C(=O)NC1CCCCC1)N(c1ccc(OC)cc1)C2=O. The van der Waals surface area contributed by atoms with Crippen LogP contribution in [0, 0.1) is 0 Å². The smallest absolute Gasteiger partial charge is 0.358 e. The van der Waals surface area contributed by atoms with E-state index < -0.39 is 17.4 Å². The quantitative estimate of drug-likeness (QED) is 0.717. The van der Waals surface area contributed by atoms with Gasteiger partial charge in [-0.2, -0.15) is 5.10 Å². The number of esters is 1. The highest BCUT2D eigenvalue weighted by Gasteiger charge is 2.49. The third kappa shape index (κ3) is 3.83. The molecule has 1 fully saturated rings. The van der Waals surface area contributed by atoms with Gasteiger partial charge >= 0.3 is 5.97 Å². The van der Waals surface area contributed by atoms with E-state index in [0.717, 1.165) is 25.7 Å². The van der Waals surface area contributed by atoms with Gasteiger partial charge in [-0.25, -0.2) is 4.79 Å². The molecule has 2 aromatic rings. The second-order valence-corrected chi connectivity index (χ2v) is 8.48. The van der Waals surface area contributed by atoms with E-state index >= 15 is 0 Å². The number of carbonyl (C=O) groups excluding carboxylic acids is 3. The van der Waals surface area contributed by atoms with E-state index in [-0.39, 0.29) is 29.9 Å². The van der Waals surface area contributed by atoms with Crippen molar-refractivity contribution in [2.45, 2.75) is 57.2 Å². The molecule has 9 heteroatoms. The van der Waals surface area contributed by atoms with E-state index in [2.05, 4.69) is 10.4 Å². The van der Waals surface area contributed by atoms with Crippen LogP contribution in [0.1, 0.15) is 60.0 Å². The average Bonchev–Trinajstić information content (AvgIpc) is 3.23. The number of ether oxygens (including phenoxy) is 2. The number of hydrogen-bond acceptors (Lipinski definition) is 6. The molecule has 2 heterocycles. The first kappa shape index (κ1) is 21.9. The van der Waals surface area contributed by atoms with Crippen molar-refractivity contribution in [3.05, 3.63) is 41.7 Å². The van der Waals surface area contributed by atoms with Gasteiger partial charge in [-0.15, -0.1) is 0 Å². The summed E-state index contributed by atoms with van der Waals surface area (Å²) in [6, 6.07) is 8.47.